The molecule has 1 atom stereocenters. The molecule has 0 aromatic heterocycles. The van der Waals surface area contributed by atoms with E-state index in [2.05, 4.69) is 12.2 Å². The molecule has 4 nitrogen and oxygen atoms in total. The van der Waals surface area contributed by atoms with Crippen molar-refractivity contribution in [3.05, 3.63) is 64.2 Å². The Bertz CT molecular complexity index is 833. The largest absolute Gasteiger partial charge is 0.336 e. The van der Waals surface area contributed by atoms with Crippen molar-refractivity contribution in [3.8, 4) is 0 Å². The van der Waals surface area contributed by atoms with E-state index in [4.69, 9.17) is 11.6 Å². The molecule has 1 aliphatic heterocycles. The zero-order chi connectivity index (χ0) is 19.4. The number of halogens is 1. The lowest BCUT2D eigenvalue weighted by molar-refractivity contribution is 0.0607. The number of rotatable bonds is 4. The number of aryl methyl sites for hydroxylation is 1. The topological polar surface area (TPSA) is 49.4 Å². The molecule has 2 aromatic carbocycles. The molecular weight excluding hydrogens is 360 g/mol. The second-order valence-corrected chi connectivity index (χ2v) is 7.46. The SMILES string of the molecule is CCC1CCCCN1C(=O)c1ccc(C(=O)Nc2ccc(C)c(Cl)c2)cc1. The van der Waals surface area contributed by atoms with Gasteiger partial charge in [-0.15, -0.1) is 0 Å². The molecule has 0 radical (unpaired) electrons. The summed E-state index contributed by atoms with van der Waals surface area (Å²) < 4.78 is 0. The predicted octanol–water partition coefficient (Wildman–Crippen LogP) is 5.31. The number of hydrogen-bond acceptors (Lipinski definition) is 2. The van der Waals surface area contributed by atoms with E-state index in [1.54, 1.807) is 30.3 Å². The number of benzene rings is 2. The average molecular weight is 385 g/mol. The molecule has 2 aromatic rings. The summed E-state index contributed by atoms with van der Waals surface area (Å²) in [5.74, 6) is -0.169. The zero-order valence-corrected chi connectivity index (χ0v) is 16.6. The van der Waals surface area contributed by atoms with E-state index in [1.165, 1.54) is 6.42 Å². The minimum atomic E-state index is -0.224. The van der Waals surface area contributed by atoms with Crippen LogP contribution in [-0.2, 0) is 0 Å². The maximum absolute atomic E-state index is 12.8. The lowest BCUT2D eigenvalue weighted by Gasteiger charge is -2.35. The van der Waals surface area contributed by atoms with Gasteiger partial charge in [-0.1, -0.05) is 24.6 Å². The zero-order valence-electron chi connectivity index (χ0n) is 15.8. The van der Waals surface area contributed by atoms with Gasteiger partial charge in [0.25, 0.3) is 11.8 Å². The average Bonchev–Trinajstić information content (AvgIpc) is 2.70. The fourth-order valence-electron chi connectivity index (χ4n) is 3.50. The molecule has 1 N–H and O–H groups in total. The minimum Gasteiger partial charge on any atom is -0.336 e. The van der Waals surface area contributed by atoms with Gasteiger partial charge < -0.3 is 10.2 Å². The monoisotopic (exact) mass is 384 g/mol. The van der Waals surface area contributed by atoms with Crippen LogP contribution in [0.3, 0.4) is 0 Å². The van der Waals surface area contributed by atoms with Crippen molar-refractivity contribution in [2.24, 2.45) is 0 Å². The van der Waals surface area contributed by atoms with Crippen LogP contribution >= 0.6 is 11.6 Å². The second kappa shape index (κ2) is 8.57. The highest BCUT2D eigenvalue weighted by atomic mass is 35.5. The Morgan fingerprint density at radius 2 is 1.81 bits per heavy atom. The first-order valence-corrected chi connectivity index (χ1v) is 9.86. The number of carbonyl (C=O) groups is 2. The molecule has 0 spiro atoms. The third kappa shape index (κ3) is 4.51. The van der Waals surface area contributed by atoms with E-state index in [1.807, 2.05) is 24.0 Å². The van der Waals surface area contributed by atoms with Crippen molar-refractivity contribution in [2.45, 2.75) is 45.6 Å². The third-order valence-corrected chi connectivity index (χ3v) is 5.59. The molecule has 0 aliphatic carbocycles. The van der Waals surface area contributed by atoms with Crippen LogP contribution in [0.1, 0.15) is 58.9 Å². The predicted molar refractivity (Wildman–Crippen MR) is 110 cm³/mol. The van der Waals surface area contributed by atoms with Crippen LogP contribution in [0.25, 0.3) is 0 Å². The van der Waals surface area contributed by atoms with Crippen molar-refractivity contribution in [3.63, 3.8) is 0 Å². The summed E-state index contributed by atoms with van der Waals surface area (Å²) in [5.41, 5.74) is 2.75. The van der Waals surface area contributed by atoms with Crippen LogP contribution in [0.4, 0.5) is 5.69 Å². The van der Waals surface area contributed by atoms with E-state index in [9.17, 15) is 9.59 Å². The quantitative estimate of drug-likeness (QED) is 0.776. The molecule has 0 saturated carbocycles. The summed E-state index contributed by atoms with van der Waals surface area (Å²) >= 11 is 6.10. The van der Waals surface area contributed by atoms with Crippen molar-refractivity contribution < 1.29 is 9.59 Å². The van der Waals surface area contributed by atoms with Gasteiger partial charge in [0.05, 0.1) is 0 Å². The summed E-state index contributed by atoms with van der Waals surface area (Å²) in [6.45, 7) is 4.85. The van der Waals surface area contributed by atoms with Crippen LogP contribution in [0.2, 0.25) is 5.02 Å². The van der Waals surface area contributed by atoms with Crippen LogP contribution in [-0.4, -0.2) is 29.3 Å². The molecule has 1 saturated heterocycles. The van der Waals surface area contributed by atoms with Crippen molar-refractivity contribution in [1.82, 2.24) is 4.90 Å². The molecule has 1 unspecified atom stereocenters. The van der Waals surface area contributed by atoms with Gasteiger partial charge in [0, 0.05) is 34.4 Å². The van der Waals surface area contributed by atoms with Gasteiger partial charge in [0.2, 0.25) is 0 Å². The molecular formula is C22H25ClN2O2. The smallest absolute Gasteiger partial charge is 0.255 e. The standard InChI is InChI=1S/C22H25ClN2O2/c1-3-19-6-4-5-13-25(19)22(27)17-10-8-16(9-11-17)21(26)24-18-12-7-15(2)20(23)14-18/h7-12,14,19H,3-6,13H2,1-2H3,(H,24,26). The van der Waals surface area contributed by atoms with Gasteiger partial charge in [0.15, 0.2) is 0 Å². The molecule has 2 amide bonds. The fourth-order valence-corrected chi connectivity index (χ4v) is 3.68. The van der Waals surface area contributed by atoms with Crippen molar-refractivity contribution in [2.75, 3.05) is 11.9 Å². The van der Waals surface area contributed by atoms with Gasteiger partial charge in [-0.25, -0.2) is 0 Å². The first-order valence-electron chi connectivity index (χ1n) is 9.48. The summed E-state index contributed by atoms with van der Waals surface area (Å²) in [5, 5.41) is 3.45. The van der Waals surface area contributed by atoms with E-state index in [0.29, 0.717) is 27.9 Å². The first-order chi connectivity index (χ1) is 13.0. The summed E-state index contributed by atoms with van der Waals surface area (Å²) in [7, 11) is 0. The normalized spacial score (nSPS) is 16.9. The molecule has 1 aliphatic rings. The summed E-state index contributed by atoms with van der Waals surface area (Å²) in [4.78, 5) is 27.2. The number of carbonyl (C=O) groups excluding carboxylic acids is 2. The van der Waals surface area contributed by atoms with Crippen molar-refractivity contribution >= 4 is 29.1 Å². The number of likely N-dealkylation sites (tertiary alicyclic amines) is 1. The van der Waals surface area contributed by atoms with Crippen LogP contribution in [0.5, 0.6) is 0 Å². The van der Waals surface area contributed by atoms with Gasteiger partial charge in [-0.2, -0.15) is 0 Å². The Morgan fingerprint density at radius 3 is 2.48 bits per heavy atom. The fraction of sp³-hybridized carbons (Fsp3) is 0.364. The van der Waals surface area contributed by atoms with Gasteiger partial charge >= 0.3 is 0 Å². The Hall–Kier alpha value is -2.33. The molecule has 27 heavy (non-hydrogen) atoms. The maximum atomic E-state index is 12.8. The number of nitrogens with one attached hydrogen (secondary N) is 1. The van der Waals surface area contributed by atoms with Crippen LogP contribution in [0, 0.1) is 6.92 Å². The lowest BCUT2D eigenvalue weighted by Crippen LogP contribution is -2.43. The Labute approximate surface area is 165 Å². The van der Waals surface area contributed by atoms with E-state index in [0.717, 1.165) is 31.4 Å². The molecule has 1 fully saturated rings. The van der Waals surface area contributed by atoms with Gasteiger partial charge in [-0.05, 0) is 74.6 Å². The number of anilines is 1. The van der Waals surface area contributed by atoms with E-state index < -0.39 is 0 Å². The summed E-state index contributed by atoms with van der Waals surface area (Å²) in [6.07, 6.45) is 4.29. The number of hydrogen-bond donors (Lipinski definition) is 1. The van der Waals surface area contributed by atoms with E-state index >= 15 is 0 Å². The van der Waals surface area contributed by atoms with Crippen LogP contribution < -0.4 is 5.32 Å². The second-order valence-electron chi connectivity index (χ2n) is 7.05. The highest BCUT2D eigenvalue weighted by Gasteiger charge is 2.26. The highest BCUT2D eigenvalue weighted by Crippen LogP contribution is 2.23. The number of piperidine rings is 1. The maximum Gasteiger partial charge on any atom is 0.255 e. The highest BCUT2D eigenvalue weighted by molar-refractivity contribution is 6.31. The Morgan fingerprint density at radius 1 is 1.11 bits per heavy atom. The molecule has 3 rings (SSSR count). The minimum absolute atomic E-state index is 0.0545. The Balaban J connectivity index is 1.69. The molecule has 5 heteroatoms. The van der Waals surface area contributed by atoms with E-state index in [-0.39, 0.29) is 11.8 Å². The third-order valence-electron chi connectivity index (χ3n) is 5.18. The van der Waals surface area contributed by atoms with Gasteiger partial charge in [0.1, 0.15) is 0 Å². The number of nitrogens with zero attached hydrogens (tertiary/aromatic N) is 1. The first kappa shape index (κ1) is 19.4. The number of amides is 2. The Kier molecular flexibility index (Phi) is 6.17. The van der Waals surface area contributed by atoms with Crippen LogP contribution in [0.15, 0.2) is 42.5 Å². The molecule has 1 heterocycles. The van der Waals surface area contributed by atoms with Gasteiger partial charge in [-0.3, -0.25) is 9.59 Å². The molecule has 142 valence electrons. The van der Waals surface area contributed by atoms with Crippen molar-refractivity contribution in [1.29, 1.82) is 0 Å². The molecule has 0 bridgehead atoms. The lowest BCUT2D eigenvalue weighted by atomic mass is 9.98. The summed E-state index contributed by atoms with van der Waals surface area (Å²) in [6, 6.07) is 12.6.